The van der Waals surface area contributed by atoms with Crippen molar-refractivity contribution in [3.63, 3.8) is 0 Å². The highest BCUT2D eigenvalue weighted by Gasteiger charge is 2.30. The van der Waals surface area contributed by atoms with E-state index in [1.807, 2.05) is 39.0 Å². The molecule has 0 saturated carbocycles. The number of carbonyl (C=O) groups is 2. The fourth-order valence-electron chi connectivity index (χ4n) is 4.08. The van der Waals surface area contributed by atoms with Crippen molar-refractivity contribution in [1.29, 1.82) is 0 Å². The van der Waals surface area contributed by atoms with E-state index in [0.717, 1.165) is 22.5 Å². The Morgan fingerprint density at radius 3 is 2.48 bits per heavy atom. The van der Waals surface area contributed by atoms with Gasteiger partial charge in [-0.3, -0.25) is 14.4 Å². The number of amides is 1. The summed E-state index contributed by atoms with van der Waals surface area (Å²) in [5, 5.41) is 2.83. The van der Waals surface area contributed by atoms with Crippen LogP contribution in [0.4, 0.5) is 5.69 Å². The van der Waals surface area contributed by atoms with Gasteiger partial charge in [0.25, 0.3) is 11.5 Å². The van der Waals surface area contributed by atoms with Crippen molar-refractivity contribution < 1.29 is 14.0 Å². The Balaban J connectivity index is 1.65. The number of aromatic nitrogens is 1. The number of hydrogen-bond donors (Lipinski definition) is 2. The van der Waals surface area contributed by atoms with Crippen molar-refractivity contribution in [3.8, 4) is 0 Å². The number of aromatic amines is 1. The van der Waals surface area contributed by atoms with Gasteiger partial charge in [-0.2, -0.15) is 0 Å². The predicted molar refractivity (Wildman–Crippen MR) is 110 cm³/mol. The first-order valence-corrected chi connectivity index (χ1v) is 9.55. The standard InChI is InChI=1S/C23H22N2O4/c1-12-7-13(2)21(14(3)8-12)25-23(28)17-11-16-18(24-22(17)27)9-15(10-19(16)26)20-5-4-6-29-20/h4-8,11,15H,9-10H2,1-3H3,(H,24,27)(H,25,28)/t15-/m1/s1. The van der Waals surface area contributed by atoms with Gasteiger partial charge >= 0.3 is 0 Å². The lowest BCUT2D eigenvalue weighted by atomic mass is 9.84. The Kier molecular flexibility index (Phi) is 4.70. The van der Waals surface area contributed by atoms with Gasteiger partial charge in [-0.05, 0) is 56.5 Å². The van der Waals surface area contributed by atoms with Crippen molar-refractivity contribution in [2.45, 2.75) is 39.5 Å². The highest BCUT2D eigenvalue weighted by Crippen LogP contribution is 2.32. The fraction of sp³-hybridized carbons (Fsp3) is 0.261. The van der Waals surface area contributed by atoms with Gasteiger partial charge in [0.15, 0.2) is 5.78 Å². The third-order valence-electron chi connectivity index (χ3n) is 5.41. The molecule has 148 valence electrons. The molecule has 1 aromatic carbocycles. The number of H-pyrrole nitrogens is 1. The average molecular weight is 390 g/mol. The lowest BCUT2D eigenvalue weighted by molar-refractivity contribution is 0.0959. The van der Waals surface area contributed by atoms with Crippen LogP contribution in [-0.4, -0.2) is 16.7 Å². The van der Waals surface area contributed by atoms with E-state index in [-0.39, 0.29) is 23.7 Å². The number of ketones is 1. The minimum atomic E-state index is -0.523. The zero-order valence-electron chi connectivity index (χ0n) is 16.6. The number of anilines is 1. The fourth-order valence-corrected chi connectivity index (χ4v) is 4.08. The zero-order valence-corrected chi connectivity index (χ0v) is 16.6. The second-order valence-corrected chi connectivity index (χ2v) is 7.68. The van der Waals surface area contributed by atoms with Gasteiger partial charge in [0.1, 0.15) is 11.3 Å². The van der Waals surface area contributed by atoms with Gasteiger partial charge in [-0.15, -0.1) is 0 Å². The summed E-state index contributed by atoms with van der Waals surface area (Å²) in [6.45, 7) is 5.80. The van der Waals surface area contributed by atoms with Crippen LogP contribution in [0.5, 0.6) is 0 Å². The maximum Gasteiger partial charge on any atom is 0.261 e. The number of fused-ring (bicyclic) bond motifs is 1. The molecule has 0 aliphatic heterocycles. The molecule has 3 aromatic rings. The molecule has 0 bridgehead atoms. The summed E-state index contributed by atoms with van der Waals surface area (Å²) in [4.78, 5) is 40.8. The average Bonchev–Trinajstić information content (AvgIpc) is 3.18. The molecule has 0 radical (unpaired) electrons. The van der Waals surface area contributed by atoms with E-state index < -0.39 is 11.5 Å². The van der Waals surface area contributed by atoms with Gasteiger partial charge in [0.05, 0.1) is 6.26 Å². The van der Waals surface area contributed by atoms with Crippen LogP contribution in [0.2, 0.25) is 0 Å². The SMILES string of the molecule is Cc1cc(C)c(NC(=O)c2cc3c([nH]c2=O)C[C@@H](c2ccco2)CC3=O)c(C)c1. The van der Waals surface area contributed by atoms with Gasteiger partial charge in [-0.1, -0.05) is 17.7 Å². The van der Waals surface area contributed by atoms with Crippen molar-refractivity contribution >= 4 is 17.4 Å². The second-order valence-electron chi connectivity index (χ2n) is 7.68. The monoisotopic (exact) mass is 390 g/mol. The molecule has 0 saturated heterocycles. The molecule has 1 aliphatic carbocycles. The number of aryl methyl sites for hydroxylation is 3. The van der Waals surface area contributed by atoms with Crippen LogP contribution in [0.1, 0.15) is 61.2 Å². The number of benzene rings is 1. The summed E-state index contributed by atoms with van der Waals surface area (Å²) in [5.41, 5.74) is 4.00. The smallest absolute Gasteiger partial charge is 0.261 e. The van der Waals surface area contributed by atoms with Crippen LogP contribution in [0.15, 0.2) is 45.8 Å². The summed E-state index contributed by atoms with van der Waals surface area (Å²) in [7, 11) is 0. The highest BCUT2D eigenvalue weighted by atomic mass is 16.3. The van der Waals surface area contributed by atoms with E-state index in [2.05, 4.69) is 10.3 Å². The van der Waals surface area contributed by atoms with Crippen LogP contribution in [0.3, 0.4) is 0 Å². The molecule has 1 aliphatic rings. The summed E-state index contributed by atoms with van der Waals surface area (Å²) < 4.78 is 5.42. The maximum atomic E-state index is 12.8. The molecule has 2 heterocycles. The number of carbonyl (C=O) groups excluding carboxylic acids is 2. The summed E-state index contributed by atoms with van der Waals surface area (Å²) in [6.07, 6.45) is 2.34. The Hall–Kier alpha value is -3.41. The molecule has 6 heteroatoms. The van der Waals surface area contributed by atoms with Gasteiger partial charge in [0.2, 0.25) is 0 Å². The number of nitrogens with one attached hydrogen (secondary N) is 2. The first-order chi connectivity index (χ1) is 13.8. The second kappa shape index (κ2) is 7.20. The van der Waals surface area contributed by atoms with Crippen molar-refractivity contribution in [3.05, 3.63) is 86.2 Å². The van der Waals surface area contributed by atoms with Crippen LogP contribution in [0.25, 0.3) is 0 Å². The van der Waals surface area contributed by atoms with E-state index in [1.54, 1.807) is 12.3 Å². The summed E-state index contributed by atoms with van der Waals surface area (Å²) in [5.74, 6) is -0.0270. The van der Waals surface area contributed by atoms with Crippen molar-refractivity contribution in [2.75, 3.05) is 5.32 Å². The topological polar surface area (TPSA) is 92.2 Å². The molecule has 0 unspecified atom stereocenters. The molecule has 6 nitrogen and oxygen atoms in total. The normalized spacial score (nSPS) is 15.8. The molecule has 0 fully saturated rings. The molecule has 1 amide bonds. The lowest BCUT2D eigenvalue weighted by Gasteiger charge is -2.22. The number of rotatable bonds is 3. The van der Waals surface area contributed by atoms with E-state index in [0.29, 0.717) is 23.4 Å². The number of pyridine rings is 1. The van der Waals surface area contributed by atoms with Crippen LogP contribution < -0.4 is 10.9 Å². The Bertz CT molecular complexity index is 1150. The molecule has 0 spiro atoms. The quantitative estimate of drug-likeness (QED) is 0.705. The van der Waals surface area contributed by atoms with Crippen molar-refractivity contribution in [1.82, 2.24) is 4.98 Å². The molecule has 4 rings (SSSR count). The molecule has 2 N–H and O–H groups in total. The van der Waals surface area contributed by atoms with Gasteiger partial charge in [0, 0.05) is 29.3 Å². The van der Waals surface area contributed by atoms with Crippen LogP contribution in [0, 0.1) is 20.8 Å². The minimum absolute atomic E-state index is 0.0621. The highest BCUT2D eigenvalue weighted by molar-refractivity contribution is 6.07. The summed E-state index contributed by atoms with van der Waals surface area (Å²) >= 11 is 0. The molecular formula is C23H22N2O4. The number of furan rings is 1. The van der Waals surface area contributed by atoms with E-state index in [1.165, 1.54) is 6.07 Å². The summed E-state index contributed by atoms with van der Waals surface area (Å²) in [6, 6.07) is 8.97. The van der Waals surface area contributed by atoms with Crippen LogP contribution in [-0.2, 0) is 6.42 Å². The third kappa shape index (κ3) is 3.53. The Morgan fingerprint density at radius 2 is 1.83 bits per heavy atom. The minimum Gasteiger partial charge on any atom is -0.469 e. The molecule has 2 aromatic heterocycles. The van der Waals surface area contributed by atoms with Gasteiger partial charge < -0.3 is 14.7 Å². The molecular weight excluding hydrogens is 368 g/mol. The third-order valence-corrected chi connectivity index (χ3v) is 5.41. The first-order valence-electron chi connectivity index (χ1n) is 9.55. The van der Waals surface area contributed by atoms with E-state index in [9.17, 15) is 14.4 Å². The Morgan fingerprint density at radius 1 is 1.10 bits per heavy atom. The predicted octanol–water partition coefficient (Wildman–Crippen LogP) is 4.06. The molecule has 1 atom stereocenters. The molecule has 29 heavy (non-hydrogen) atoms. The Labute approximate surface area is 168 Å². The first kappa shape index (κ1) is 18.9. The maximum absolute atomic E-state index is 12.8. The van der Waals surface area contributed by atoms with Crippen LogP contribution >= 0.6 is 0 Å². The largest absolute Gasteiger partial charge is 0.469 e. The van der Waals surface area contributed by atoms with Crippen molar-refractivity contribution in [2.24, 2.45) is 0 Å². The number of hydrogen-bond acceptors (Lipinski definition) is 4. The van der Waals surface area contributed by atoms with Gasteiger partial charge in [-0.25, -0.2) is 0 Å². The van der Waals surface area contributed by atoms with E-state index >= 15 is 0 Å². The zero-order chi connectivity index (χ0) is 20.7. The van der Waals surface area contributed by atoms with E-state index in [4.69, 9.17) is 4.42 Å². The number of Topliss-reactive ketones (excluding diaryl/α,β-unsaturated/α-hetero) is 1. The lowest BCUT2D eigenvalue weighted by Crippen LogP contribution is -2.29.